The second-order valence-electron chi connectivity index (χ2n) is 7.20. The number of anilines is 1. The summed E-state index contributed by atoms with van der Waals surface area (Å²) in [5.41, 5.74) is 0.756. The van der Waals surface area contributed by atoms with E-state index >= 15 is 0 Å². The van der Waals surface area contributed by atoms with Crippen LogP contribution >= 0.6 is 21.3 Å². The normalized spacial score (nSPS) is 29.1. The lowest BCUT2D eigenvalue weighted by Crippen LogP contribution is -2.46. The smallest absolute Gasteiger partial charge is 0.310 e. The number of aliphatic hydroxyl groups is 2. The van der Waals surface area contributed by atoms with Gasteiger partial charge in [-0.05, 0) is 7.28 Å². The fourth-order valence-corrected chi connectivity index (χ4v) is 8.53. The first-order valence-corrected chi connectivity index (χ1v) is 15.2. The molecule has 2 N–H and O–H groups in total. The minimum absolute atomic E-state index is 0.260. The van der Waals surface area contributed by atoms with Crippen molar-refractivity contribution in [2.45, 2.75) is 31.5 Å². The zero-order valence-corrected chi connectivity index (χ0v) is 19.4. The zero-order chi connectivity index (χ0) is 24.5. The van der Waals surface area contributed by atoms with Gasteiger partial charge in [0.15, 0.2) is 31.6 Å². The van der Waals surface area contributed by atoms with Crippen molar-refractivity contribution < 1.29 is 57.3 Å². The maximum absolute atomic E-state index is 11.7. The van der Waals surface area contributed by atoms with Crippen molar-refractivity contribution in [3.63, 3.8) is 0 Å². The highest BCUT2D eigenvalue weighted by atomic mass is 32.5. The number of hydrazone groups is 1. The van der Waals surface area contributed by atoms with Crippen molar-refractivity contribution in [1.29, 1.82) is 0 Å². The molecule has 0 aliphatic carbocycles. The number of imidazole rings is 1. The molecule has 6 unspecified atom stereocenters. The van der Waals surface area contributed by atoms with Gasteiger partial charge < -0.3 is 52.7 Å². The molecule has 20 heteroatoms. The molecule has 1 saturated heterocycles. The Morgan fingerprint density at radius 2 is 1.85 bits per heavy atom. The van der Waals surface area contributed by atoms with Gasteiger partial charge in [-0.3, -0.25) is 0 Å². The van der Waals surface area contributed by atoms with E-state index in [1.54, 1.807) is 18.5 Å². The van der Waals surface area contributed by atoms with Gasteiger partial charge in [0.1, 0.15) is 25.1 Å². The quantitative estimate of drug-likeness (QED) is 0.269. The number of rotatable bonds is 6. The van der Waals surface area contributed by atoms with Gasteiger partial charge in [0.05, 0.1) is 6.61 Å². The van der Waals surface area contributed by atoms with E-state index < -0.39 is 52.5 Å². The summed E-state index contributed by atoms with van der Waals surface area (Å²) in [7, 11) is -11.1. The van der Waals surface area contributed by atoms with Crippen molar-refractivity contribution in [1.82, 2.24) is 14.5 Å². The van der Waals surface area contributed by atoms with Crippen molar-refractivity contribution in [2.75, 3.05) is 18.7 Å². The standard InChI is InChI=1S/C13H19N6O11P3/c1-6-16-17(2)11-8-12(15-4-14-11)19(5-18(6)8)13-10(21)9(20)7(30-13)3-29-32(25,26)33(27,28)31(22,23)24/h4-5,7,9-10,13,20-21H,3H2,1-2H3,(H3-,22,23,24,25,26,27,28)/p-3. The Morgan fingerprint density at radius 3 is 2.48 bits per heavy atom. The number of aromatic nitrogens is 4. The Hall–Kier alpha value is -1.61. The molecule has 33 heavy (non-hydrogen) atoms. The first-order chi connectivity index (χ1) is 15.2. The molecule has 2 aliphatic rings. The summed E-state index contributed by atoms with van der Waals surface area (Å²) in [6.07, 6.45) is -3.71. The van der Waals surface area contributed by atoms with E-state index in [9.17, 15) is 43.5 Å². The first kappa shape index (κ1) is 24.5. The van der Waals surface area contributed by atoms with E-state index in [1.165, 1.54) is 22.2 Å². The molecule has 2 aromatic heterocycles. The van der Waals surface area contributed by atoms with E-state index in [-0.39, 0.29) is 5.65 Å². The molecule has 0 bridgehead atoms. The molecule has 2 aromatic rings. The van der Waals surface area contributed by atoms with Crippen molar-refractivity contribution >= 4 is 44.1 Å². The van der Waals surface area contributed by atoms with Crippen LogP contribution < -0.4 is 29.1 Å². The number of nitrogens with zero attached hydrogens (tertiary/aromatic N) is 6. The predicted octanol–water partition coefficient (Wildman–Crippen LogP) is -4.08. The summed E-state index contributed by atoms with van der Waals surface area (Å²) in [5.74, 6) is 0.935. The second-order valence-corrected chi connectivity index (χ2v) is 17.4. The summed E-state index contributed by atoms with van der Waals surface area (Å²) in [4.78, 5) is 53.0. The van der Waals surface area contributed by atoms with Crippen LogP contribution in [0.2, 0.25) is 0 Å². The SMILES string of the molecule is CC1=NN(C)c2ncnc3c2n1c[n+]3C1OC(COP(=O)([O-])P(=O)([O-])P(=O)([O-])[O-])C(O)C1O. The van der Waals surface area contributed by atoms with Gasteiger partial charge in [0, 0.05) is 14.0 Å². The Morgan fingerprint density at radius 1 is 1.18 bits per heavy atom. The molecule has 4 heterocycles. The maximum atomic E-state index is 11.7. The van der Waals surface area contributed by atoms with Crippen LogP contribution in [0.3, 0.4) is 0 Å². The topological polar surface area (TPSA) is 253 Å². The van der Waals surface area contributed by atoms with Crippen molar-refractivity contribution in [2.24, 2.45) is 5.10 Å². The van der Waals surface area contributed by atoms with Gasteiger partial charge in [-0.1, -0.05) is 4.98 Å². The summed E-state index contributed by atoms with van der Waals surface area (Å²) >= 11 is 0. The molecule has 0 spiro atoms. The van der Waals surface area contributed by atoms with Gasteiger partial charge in [-0.25, -0.2) is 14.1 Å². The highest BCUT2D eigenvalue weighted by Crippen LogP contribution is 2.87. The molecule has 0 saturated carbocycles. The van der Waals surface area contributed by atoms with Gasteiger partial charge in [0.2, 0.25) is 11.7 Å². The number of hydrogen-bond donors (Lipinski definition) is 2. The zero-order valence-electron chi connectivity index (χ0n) is 16.8. The Bertz CT molecular complexity index is 1290. The van der Waals surface area contributed by atoms with E-state index in [0.29, 0.717) is 17.2 Å². The van der Waals surface area contributed by atoms with E-state index in [4.69, 9.17) is 4.74 Å². The van der Waals surface area contributed by atoms with Gasteiger partial charge in [-0.2, -0.15) is 4.98 Å². The molecule has 182 valence electrons. The Labute approximate surface area is 184 Å². The lowest BCUT2D eigenvalue weighted by molar-refractivity contribution is -0.745. The summed E-state index contributed by atoms with van der Waals surface area (Å²) in [5, 5.41) is 26.6. The van der Waals surface area contributed by atoms with Crippen LogP contribution in [0, 0.1) is 0 Å². The number of hydrogen-bond acceptors (Lipinski definition) is 15. The monoisotopic (exact) mass is 525 g/mol. The van der Waals surface area contributed by atoms with E-state index in [2.05, 4.69) is 19.6 Å². The molecule has 4 rings (SSSR count). The molecule has 2 aliphatic heterocycles. The maximum Gasteiger partial charge on any atom is 0.310 e. The van der Waals surface area contributed by atoms with Crippen LogP contribution in [0.15, 0.2) is 17.8 Å². The predicted molar refractivity (Wildman–Crippen MR) is 99.3 cm³/mol. The lowest BCUT2D eigenvalue weighted by atomic mass is 10.1. The minimum Gasteiger partial charge on any atom is -0.806 e. The molecular formula is C13H16N6O11P3-3. The summed E-state index contributed by atoms with van der Waals surface area (Å²) in [6, 6.07) is 0. The molecule has 6 atom stereocenters. The average Bonchev–Trinajstić information content (AvgIpc) is 3.23. The Balaban J connectivity index is 1.62. The van der Waals surface area contributed by atoms with E-state index in [1.807, 2.05) is 0 Å². The van der Waals surface area contributed by atoms with Gasteiger partial charge in [0.25, 0.3) is 0 Å². The molecule has 0 aromatic carbocycles. The first-order valence-electron chi connectivity index (χ1n) is 9.05. The Kier molecular flexibility index (Phi) is 5.92. The van der Waals surface area contributed by atoms with Crippen LogP contribution in [0.4, 0.5) is 5.82 Å². The van der Waals surface area contributed by atoms with Crippen molar-refractivity contribution in [3.8, 4) is 0 Å². The number of aliphatic hydroxyl groups excluding tert-OH is 2. The van der Waals surface area contributed by atoms with E-state index in [0.717, 1.165) is 0 Å². The van der Waals surface area contributed by atoms with Crippen molar-refractivity contribution in [3.05, 3.63) is 12.7 Å². The third-order valence-electron chi connectivity index (χ3n) is 5.09. The average molecular weight is 525 g/mol. The number of ether oxygens (including phenoxy) is 1. The lowest BCUT2D eigenvalue weighted by Gasteiger charge is -2.48. The third-order valence-corrected chi connectivity index (χ3v) is 14.8. The fourth-order valence-electron chi connectivity index (χ4n) is 3.45. The third kappa shape index (κ3) is 3.79. The van der Waals surface area contributed by atoms with Crippen LogP contribution in [-0.4, -0.2) is 62.6 Å². The van der Waals surface area contributed by atoms with Gasteiger partial charge >= 0.3 is 5.65 Å². The largest absolute Gasteiger partial charge is 0.806 e. The summed E-state index contributed by atoms with van der Waals surface area (Å²) in [6.45, 7) is -6.06. The highest BCUT2D eigenvalue weighted by molar-refractivity contribution is 8.58. The minimum atomic E-state index is -6.57. The highest BCUT2D eigenvalue weighted by Gasteiger charge is 2.48. The molecule has 0 amide bonds. The van der Waals surface area contributed by atoms with Crippen LogP contribution in [0.1, 0.15) is 13.2 Å². The molecular weight excluding hydrogens is 509 g/mol. The fraction of sp³-hybridized carbons (Fsp3) is 0.538. The molecule has 17 nitrogen and oxygen atoms in total. The van der Waals surface area contributed by atoms with Gasteiger partial charge in [-0.15, -0.1) is 5.10 Å². The molecule has 0 radical (unpaired) electrons. The summed E-state index contributed by atoms with van der Waals surface area (Å²) < 4.78 is 46.5. The van der Waals surface area contributed by atoms with Crippen LogP contribution in [-0.2, 0) is 23.0 Å². The second kappa shape index (κ2) is 7.97. The molecule has 1 fully saturated rings. The van der Waals surface area contributed by atoms with Crippen LogP contribution in [0.5, 0.6) is 0 Å². The van der Waals surface area contributed by atoms with Crippen LogP contribution in [0.25, 0.3) is 11.2 Å².